The van der Waals surface area contributed by atoms with Gasteiger partial charge >= 0.3 is 0 Å². The summed E-state index contributed by atoms with van der Waals surface area (Å²) < 4.78 is 13.9. The lowest BCUT2D eigenvalue weighted by atomic mass is 9.82. The third kappa shape index (κ3) is 2.62. The minimum atomic E-state index is -0.802. The zero-order valence-corrected chi connectivity index (χ0v) is 11.9. The molecule has 21 heavy (non-hydrogen) atoms. The molecule has 114 valence electrons. The number of phenolic OH excluding ortho intramolecular Hbond substituents is 1. The van der Waals surface area contributed by atoms with Crippen LogP contribution >= 0.6 is 0 Å². The van der Waals surface area contributed by atoms with Crippen LogP contribution in [0, 0.1) is 17.7 Å². The van der Waals surface area contributed by atoms with Gasteiger partial charge in [-0.05, 0) is 49.1 Å². The van der Waals surface area contributed by atoms with E-state index in [-0.39, 0.29) is 18.1 Å². The summed E-state index contributed by atoms with van der Waals surface area (Å²) in [6, 6.07) is 2.92. The van der Waals surface area contributed by atoms with Crippen LogP contribution in [0.25, 0.3) is 0 Å². The number of carbonyl (C=O) groups excluding carboxylic acids is 1. The Balaban J connectivity index is 1.67. The van der Waals surface area contributed by atoms with E-state index < -0.39 is 11.6 Å². The van der Waals surface area contributed by atoms with Gasteiger partial charge in [-0.1, -0.05) is 6.07 Å². The molecule has 2 N–H and O–H groups in total. The molecular weight excluding hydrogens is 273 g/mol. The highest BCUT2D eigenvalue weighted by Crippen LogP contribution is 2.33. The van der Waals surface area contributed by atoms with Gasteiger partial charge in [0.2, 0.25) is 0 Å². The number of nitrogens with zero attached hydrogens (tertiary/aromatic N) is 1. The molecule has 1 amide bonds. The van der Waals surface area contributed by atoms with E-state index >= 15 is 0 Å². The fourth-order valence-corrected chi connectivity index (χ4v) is 3.46. The predicted octanol–water partition coefficient (Wildman–Crippen LogP) is 2.29. The first-order valence-corrected chi connectivity index (χ1v) is 7.50. The number of aliphatic hydroxyl groups is 1. The summed E-state index contributed by atoms with van der Waals surface area (Å²) in [5.74, 6) is -0.774. The lowest BCUT2D eigenvalue weighted by molar-refractivity contribution is 0.0714. The largest absolute Gasteiger partial charge is 0.505 e. The van der Waals surface area contributed by atoms with Crippen molar-refractivity contribution >= 4 is 5.91 Å². The van der Waals surface area contributed by atoms with E-state index in [0.29, 0.717) is 30.5 Å². The van der Waals surface area contributed by atoms with E-state index in [1.165, 1.54) is 6.07 Å². The Morgan fingerprint density at radius 3 is 2.52 bits per heavy atom. The van der Waals surface area contributed by atoms with Crippen molar-refractivity contribution in [3.63, 3.8) is 0 Å². The van der Waals surface area contributed by atoms with Crippen molar-refractivity contribution in [2.45, 2.75) is 32.2 Å². The van der Waals surface area contributed by atoms with E-state index in [0.717, 1.165) is 25.7 Å². The molecule has 4 nitrogen and oxygen atoms in total. The van der Waals surface area contributed by atoms with Crippen molar-refractivity contribution in [2.75, 3.05) is 13.2 Å². The molecule has 1 aliphatic carbocycles. The summed E-state index contributed by atoms with van der Waals surface area (Å²) in [7, 11) is 0. The van der Waals surface area contributed by atoms with Crippen LogP contribution in [0.15, 0.2) is 12.1 Å². The van der Waals surface area contributed by atoms with Crippen LogP contribution in [0.4, 0.5) is 4.39 Å². The summed E-state index contributed by atoms with van der Waals surface area (Å²) in [4.78, 5) is 14.0. The van der Waals surface area contributed by atoms with E-state index in [4.69, 9.17) is 5.11 Å². The Morgan fingerprint density at radius 1 is 1.19 bits per heavy atom. The minimum absolute atomic E-state index is 0.0269. The van der Waals surface area contributed by atoms with Crippen LogP contribution < -0.4 is 0 Å². The number of amides is 1. The molecule has 3 rings (SSSR count). The normalized spacial score (nSPS) is 25.2. The number of aromatic hydroxyl groups is 1. The van der Waals surface area contributed by atoms with Crippen molar-refractivity contribution in [3.8, 4) is 5.75 Å². The fourth-order valence-electron chi connectivity index (χ4n) is 3.46. The van der Waals surface area contributed by atoms with Crippen molar-refractivity contribution in [2.24, 2.45) is 11.8 Å². The number of rotatable bonds is 3. The molecule has 5 heteroatoms. The Bertz CT molecular complexity index is 553. The van der Waals surface area contributed by atoms with Gasteiger partial charge in [0.25, 0.3) is 5.91 Å². The highest BCUT2D eigenvalue weighted by Gasteiger charge is 2.33. The van der Waals surface area contributed by atoms with Crippen molar-refractivity contribution in [1.29, 1.82) is 0 Å². The van der Waals surface area contributed by atoms with Crippen LogP contribution in [-0.2, 0) is 6.54 Å². The number of aliphatic hydroxyl groups excluding tert-OH is 1. The third-order valence-electron chi connectivity index (χ3n) is 4.77. The number of phenols is 1. The first-order valence-electron chi connectivity index (χ1n) is 7.50. The Hall–Kier alpha value is -1.62. The van der Waals surface area contributed by atoms with E-state index in [1.807, 2.05) is 0 Å². The Labute approximate surface area is 123 Å². The van der Waals surface area contributed by atoms with Gasteiger partial charge in [-0.25, -0.2) is 4.39 Å². The summed E-state index contributed by atoms with van der Waals surface area (Å²) >= 11 is 0. The van der Waals surface area contributed by atoms with Gasteiger partial charge in [-0.2, -0.15) is 0 Å². The molecule has 0 atom stereocenters. The lowest BCUT2D eigenvalue weighted by Gasteiger charge is -2.30. The average molecular weight is 293 g/mol. The van der Waals surface area contributed by atoms with Gasteiger partial charge in [0.1, 0.15) is 0 Å². The highest BCUT2D eigenvalue weighted by atomic mass is 19.1. The predicted molar refractivity (Wildman–Crippen MR) is 75.3 cm³/mol. The van der Waals surface area contributed by atoms with Gasteiger partial charge in [-0.15, -0.1) is 0 Å². The molecule has 0 aromatic heterocycles. The molecule has 1 aromatic rings. The molecule has 1 aliphatic heterocycles. The molecule has 0 bridgehead atoms. The maximum atomic E-state index is 13.9. The summed E-state index contributed by atoms with van der Waals surface area (Å²) in [5.41, 5.74) is 0.679. The van der Waals surface area contributed by atoms with Crippen LogP contribution in [0.5, 0.6) is 5.75 Å². The van der Waals surface area contributed by atoms with Crippen LogP contribution in [0.2, 0.25) is 0 Å². The second-order valence-electron chi connectivity index (χ2n) is 6.19. The molecule has 0 radical (unpaired) electrons. The van der Waals surface area contributed by atoms with Gasteiger partial charge < -0.3 is 15.1 Å². The van der Waals surface area contributed by atoms with E-state index in [9.17, 15) is 14.3 Å². The van der Waals surface area contributed by atoms with Crippen molar-refractivity contribution < 1.29 is 19.4 Å². The molecule has 1 fully saturated rings. The van der Waals surface area contributed by atoms with Gasteiger partial charge in [0, 0.05) is 19.7 Å². The molecule has 2 aliphatic rings. The monoisotopic (exact) mass is 293 g/mol. The quantitative estimate of drug-likeness (QED) is 0.899. The van der Waals surface area contributed by atoms with Gasteiger partial charge in [0.15, 0.2) is 11.6 Å². The van der Waals surface area contributed by atoms with Gasteiger partial charge in [0.05, 0.1) is 5.56 Å². The molecule has 0 unspecified atom stereocenters. The molecule has 1 heterocycles. The number of hydrogen-bond donors (Lipinski definition) is 2. The maximum Gasteiger partial charge on any atom is 0.257 e. The zero-order valence-electron chi connectivity index (χ0n) is 11.9. The number of halogens is 1. The molecule has 0 saturated heterocycles. The summed E-state index contributed by atoms with van der Waals surface area (Å²) in [6.07, 6.45) is 3.98. The molecule has 1 aromatic carbocycles. The summed E-state index contributed by atoms with van der Waals surface area (Å²) in [5, 5.41) is 18.5. The highest BCUT2D eigenvalue weighted by molar-refractivity contribution is 5.99. The second kappa shape index (κ2) is 5.64. The maximum absolute atomic E-state index is 13.9. The summed E-state index contributed by atoms with van der Waals surface area (Å²) in [6.45, 7) is 1.29. The van der Waals surface area contributed by atoms with Crippen molar-refractivity contribution in [1.82, 2.24) is 4.90 Å². The van der Waals surface area contributed by atoms with E-state index in [2.05, 4.69) is 0 Å². The molecular formula is C16H20FNO3. The number of carbonyl (C=O) groups is 1. The average Bonchev–Trinajstić information content (AvgIpc) is 2.81. The fraction of sp³-hybridized carbons (Fsp3) is 0.562. The van der Waals surface area contributed by atoms with Crippen molar-refractivity contribution in [3.05, 3.63) is 29.1 Å². The molecule has 1 saturated carbocycles. The van der Waals surface area contributed by atoms with E-state index in [1.54, 1.807) is 11.0 Å². The van der Waals surface area contributed by atoms with Crippen LogP contribution in [0.1, 0.15) is 41.6 Å². The first kappa shape index (κ1) is 14.3. The number of benzene rings is 1. The number of fused-ring (bicyclic) bond motifs is 1. The zero-order chi connectivity index (χ0) is 15.0. The first-order chi connectivity index (χ1) is 10.1. The SMILES string of the molecule is O=C1c2c(ccc(O)c2F)CN1CC1CCC(CO)CC1. The number of hydrogen-bond acceptors (Lipinski definition) is 3. The molecule has 0 spiro atoms. The van der Waals surface area contributed by atoms with Gasteiger partial charge in [-0.3, -0.25) is 4.79 Å². The standard InChI is InChI=1S/C16H20FNO3/c17-15-13(20)6-5-12-8-18(16(21)14(12)15)7-10-1-3-11(9-19)4-2-10/h5-6,10-11,19-20H,1-4,7-9H2. The van der Waals surface area contributed by atoms with Crippen LogP contribution in [0.3, 0.4) is 0 Å². The Kier molecular flexibility index (Phi) is 3.85. The lowest BCUT2D eigenvalue weighted by Crippen LogP contribution is -2.32. The second-order valence-corrected chi connectivity index (χ2v) is 6.19. The third-order valence-corrected chi connectivity index (χ3v) is 4.77. The minimum Gasteiger partial charge on any atom is -0.505 e. The smallest absolute Gasteiger partial charge is 0.257 e. The van der Waals surface area contributed by atoms with Crippen LogP contribution in [-0.4, -0.2) is 34.2 Å². The Morgan fingerprint density at radius 2 is 1.86 bits per heavy atom. The topological polar surface area (TPSA) is 60.8 Å².